The monoisotopic (exact) mass is 769 g/mol. The first-order chi connectivity index (χ1) is 27.0. The molecule has 0 unspecified atom stereocenters. The maximum absolute atomic E-state index is 14.7. The van der Waals surface area contributed by atoms with Crippen molar-refractivity contribution in [2.75, 3.05) is 31.1 Å². The van der Waals surface area contributed by atoms with Crippen LogP contribution in [0.15, 0.2) is 36.9 Å². The van der Waals surface area contributed by atoms with Crippen molar-refractivity contribution in [1.29, 1.82) is 0 Å². The number of aromatic carboxylic acids is 1. The minimum absolute atomic E-state index is 0.00626. The van der Waals surface area contributed by atoms with Gasteiger partial charge < -0.3 is 24.5 Å². The average Bonchev–Trinajstić information content (AvgIpc) is 3.80. The Hall–Kier alpha value is -4.92. The molecule has 0 bridgehead atoms. The molecule has 9 rings (SSSR count). The number of anilines is 2. The number of halogens is 2. The molecule has 1 spiro atoms. The van der Waals surface area contributed by atoms with Gasteiger partial charge in [0.15, 0.2) is 5.82 Å². The standard InChI is InChI=1S/C41H49F2N9O4/c1-25(53)50-15-9-35-34(24-50)38(51-12-3-4-26-16-32(28-22-46-48(2)23-28)33(37(42)43)17-36(26)51)47-52(35)29-7-13-49(14-8-29)30-18-41(19-30)10-5-31(6-11-41)56-40-44-20-27(21-45-40)39(54)55/h16-17,20-23,29-31,37H,3-15,18-19,24H2,1-2H3,(H,54,55). The van der Waals surface area contributed by atoms with Crippen LogP contribution in [0.1, 0.15) is 110 Å². The number of nitrogens with zero attached hydrogens (tertiary/aromatic N) is 9. The van der Waals surface area contributed by atoms with Crippen LogP contribution < -0.4 is 9.64 Å². The summed E-state index contributed by atoms with van der Waals surface area (Å²) in [5.41, 5.74) is 5.63. The minimum Gasteiger partial charge on any atom is -0.478 e. The van der Waals surface area contributed by atoms with E-state index in [-0.39, 0.29) is 35.2 Å². The van der Waals surface area contributed by atoms with Gasteiger partial charge in [0.05, 0.1) is 24.3 Å². The second-order valence-electron chi connectivity index (χ2n) is 16.6. The molecule has 1 N–H and O–H groups in total. The molecular formula is C41H49F2N9O4. The number of carbonyl (C=O) groups excluding carboxylic acids is 1. The predicted octanol–water partition coefficient (Wildman–Crippen LogP) is 6.51. The molecule has 13 nitrogen and oxygen atoms in total. The summed E-state index contributed by atoms with van der Waals surface area (Å²) in [7, 11) is 1.79. The Kier molecular flexibility index (Phi) is 9.53. The van der Waals surface area contributed by atoms with Gasteiger partial charge in [-0.15, -0.1) is 0 Å². The zero-order valence-corrected chi connectivity index (χ0v) is 32.0. The quantitative estimate of drug-likeness (QED) is 0.212. The number of likely N-dealkylation sites (tertiary alicyclic amines) is 1. The van der Waals surface area contributed by atoms with Gasteiger partial charge in [0, 0.05) is 99.3 Å². The minimum atomic E-state index is -2.65. The molecule has 0 radical (unpaired) electrons. The topological polar surface area (TPSA) is 135 Å². The zero-order chi connectivity index (χ0) is 38.7. The molecule has 56 heavy (non-hydrogen) atoms. The first kappa shape index (κ1) is 36.7. The highest BCUT2D eigenvalue weighted by molar-refractivity contribution is 5.86. The Morgan fingerprint density at radius 1 is 0.964 bits per heavy atom. The van der Waals surface area contributed by atoms with E-state index in [0.717, 1.165) is 93.5 Å². The van der Waals surface area contributed by atoms with Gasteiger partial charge in [0.2, 0.25) is 5.91 Å². The highest BCUT2D eigenvalue weighted by Gasteiger charge is 2.49. The second-order valence-corrected chi connectivity index (χ2v) is 16.6. The van der Waals surface area contributed by atoms with E-state index in [1.165, 1.54) is 30.9 Å². The van der Waals surface area contributed by atoms with Gasteiger partial charge in [-0.2, -0.15) is 10.2 Å². The SMILES string of the molecule is CC(=O)N1CCc2c(c(N3CCCc4cc(-c5cnn(C)c5)c(C(F)F)cc43)nn2C2CCN(C3CC4(CCC(Oc5ncc(C(=O)O)cn5)CC4)C3)CC2)C1. The normalized spacial score (nSPS) is 24.2. The first-order valence-electron chi connectivity index (χ1n) is 20.1. The fraction of sp³-hybridized carbons (Fsp3) is 0.561. The summed E-state index contributed by atoms with van der Waals surface area (Å²) in [4.78, 5) is 38.6. The number of hydrogen-bond acceptors (Lipinski definition) is 9. The number of rotatable bonds is 8. The molecule has 2 saturated carbocycles. The zero-order valence-electron chi connectivity index (χ0n) is 32.0. The van der Waals surface area contributed by atoms with Crippen LogP contribution in [0.4, 0.5) is 20.3 Å². The Labute approximate surface area is 324 Å². The first-order valence-corrected chi connectivity index (χ1v) is 20.1. The van der Waals surface area contributed by atoms with Gasteiger partial charge in [-0.3, -0.25) is 14.2 Å². The van der Waals surface area contributed by atoms with Crippen LogP contribution in [0, 0.1) is 5.41 Å². The van der Waals surface area contributed by atoms with Crippen molar-refractivity contribution >= 4 is 23.4 Å². The van der Waals surface area contributed by atoms with Crippen molar-refractivity contribution in [2.24, 2.45) is 12.5 Å². The van der Waals surface area contributed by atoms with Crippen LogP contribution in [0.2, 0.25) is 0 Å². The van der Waals surface area contributed by atoms with Crippen molar-refractivity contribution in [2.45, 2.75) is 109 Å². The lowest BCUT2D eigenvalue weighted by Crippen LogP contribution is -2.54. The van der Waals surface area contributed by atoms with E-state index in [1.54, 1.807) is 37.1 Å². The maximum Gasteiger partial charge on any atom is 0.338 e. The molecule has 15 heteroatoms. The Morgan fingerprint density at radius 2 is 1.71 bits per heavy atom. The fourth-order valence-corrected chi connectivity index (χ4v) is 10.1. The van der Waals surface area contributed by atoms with E-state index in [2.05, 4.69) is 29.5 Å². The second kappa shape index (κ2) is 14.5. The van der Waals surface area contributed by atoms with E-state index >= 15 is 0 Å². The number of benzene rings is 1. The van der Waals surface area contributed by atoms with Gasteiger partial charge in [-0.05, 0) is 92.9 Å². The van der Waals surface area contributed by atoms with Crippen molar-refractivity contribution in [1.82, 2.24) is 39.3 Å². The van der Waals surface area contributed by atoms with E-state index in [0.29, 0.717) is 42.2 Å². The molecule has 1 amide bonds. The number of alkyl halides is 2. The number of aromatic nitrogens is 6. The number of carboxylic acids is 1. The molecule has 1 aromatic carbocycles. The molecule has 5 aliphatic rings. The van der Waals surface area contributed by atoms with Crippen LogP contribution in [0.3, 0.4) is 0 Å². The third-order valence-corrected chi connectivity index (χ3v) is 13.2. The summed E-state index contributed by atoms with van der Waals surface area (Å²) in [6.45, 7) is 5.41. The molecule has 1 saturated heterocycles. The van der Waals surface area contributed by atoms with E-state index < -0.39 is 12.4 Å². The van der Waals surface area contributed by atoms with Gasteiger partial charge in [-0.1, -0.05) is 0 Å². The van der Waals surface area contributed by atoms with Crippen molar-refractivity contribution < 1.29 is 28.2 Å². The smallest absolute Gasteiger partial charge is 0.338 e. The number of amides is 1. The summed E-state index contributed by atoms with van der Waals surface area (Å²) in [5, 5.41) is 18.7. The summed E-state index contributed by atoms with van der Waals surface area (Å²) < 4.78 is 39.3. The van der Waals surface area contributed by atoms with Crippen LogP contribution in [0.5, 0.6) is 6.01 Å². The number of hydrogen-bond donors (Lipinski definition) is 1. The summed E-state index contributed by atoms with van der Waals surface area (Å²) >= 11 is 0. The van der Waals surface area contributed by atoms with Gasteiger partial charge in [0.25, 0.3) is 6.43 Å². The summed E-state index contributed by atoms with van der Waals surface area (Å²) in [6, 6.07) is 4.64. The molecule has 3 aliphatic heterocycles. The predicted molar refractivity (Wildman–Crippen MR) is 203 cm³/mol. The van der Waals surface area contributed by atoms with Crippen LogP contribution >= 0.6 is 0 Å². The highest BCUT2D eigenvalue weighted by Crippen LogP contribution is 2.54. The van der Waals surface area contributed by atoms with Gasteiger partial charge >= 0.3 is 12.0 Å². The fourth-order valence-electron chi connectivity index (χ4n) is 10.1. The molecule has 0 atom stereocenters. The summed E-state index contributed by atoms with van der Waals surface area (Å²) in [5.74, 6) is -0.224. The third kappa shape index (κ3) is 6.81. The average molecular weight is 770 g/mol. The van der Waals surface area contributed by atoms with E-state index in [9.17, 15) is 18.4 Å². The molecular weight excluding hydrogens is 721 g/mol. The van der Waals surface area contributed by atoms with Crippen molar-refractivity contribution in [3.05, 3.63) is 64.9 Å². The molecule has 2 aliphatic carbocycles. The van der Waals surface area contributed by atoms with Crippen molar-refractivity contribution in [3.63, 3.8) is 0 Å². The Morgan fingerprint density at radius 3 is 2.38 bits per heavy atom. The van der Waals surface area contributed by atoms with Crippen LogP contribution in [-0.4, -0.2) is 94.6 Å². The number of carbonyl (C=O) groups is 2. The number of carboxylic acid groups (broad SMARTS) is 1. The Bertz CT molecular complexity index is 2110. The number of aryl methyl sites for hydroxylation is 2. The number of piperidine rings is 1. The number of ether oxygens (including phenoxy) is 1. The molecule has 296 valence electrons. The van der Waals surface area contributed by atoms with E-state index in [1.807, 2.05) is 11.0 Å². The van der Waals surface area contributed by atoms with Crippen molar-refractivity contribution in [3.8, 4) is 17.1 Å². The van der Waals surface area contributed by atoms with Gasteiger partial charge in [-0.25, -0.2) is 23.5 Å². The highest BCUT2D eigenvalue weighted by atomic mass is 19.3. The van der Waals surface area contributed by atoms with E-state index in [4.69, 9.17) is 14.9 Å². The maximum atomic E-state index is 14.7. The molecule has 3 aromatic heterocycles. The lowest BCUT2D eigenvalue weighted by atomic mass is 9.57. The Balaban J connectivity index is 0.884. The largest absolute Gasteiger partial charge is 0.478 e. The molecule has 6 heterocycles. The lowest BCUT2D eigenvalue weighted by molar-refractivity contribution is -0.129. The van der Waals surface area contributed by atoms with Gasteiger partial charge in [0.1, 0.15) is 6.10 Å². The van der Waals surface area contributed by atoms with Crippen LogP contribution in [0.25, 0.3) is 11.1 Å². The van der Waals surface area contributed by atoms with Crippen LogP contribution in [-0.2, 0) is 31.2 Å². The number of fused-ring (bicyclic) bond motifs is 2. The summed E-state index contributed by atoms with van der Waals surface area (Å²) in [6.07, 6.45) is 14.3. The lowest BCUT2D eigenvalue weighted by Gasteiger charge is -2.55. The molecule has 4 aromatic rings. The molecule has 3 fully saturated rings. The third-order valence-electron chi connectivity index (χ3n) is 13.2.